The first-order chi connectivity index (χ1) is 10.3. The highest BCUT2D eigenvalue weighted by molar-refractivity contribution is 5.95. The highest BCUT2D eigenvalue weighted by atomic mass is 16.5. The minimum Gasteiger partial charge on any atom is -0.467 e. The Morgan fingerprint density at radius 2 is 1.86 bits per heavy atom. The lowest BCUT2D eigenvalue weighted by Crippen LogP contribution is -2.50. The maximum absolute atomic E-state index is 12.3. The van der Waals surface area contributed by atoms with Gasteiger partial charge < -0.3 is 10.1 Å². The van der Waals surface area contributed by atoms with E-state index < -0.39 is 17.4 Å². The summed E-state index contributed by atoms with van der Waals surface area (Å²) in [4.78, 5) is 28.2. The molecule has 0 fully saturated rings. The quantitative estimate of drug-likeness (QED) is 0.857. The lowest BCUT2D eigenvalue weighted by molar-refractivity contribution is -0.146. The number of aromatic nitrogens is 3. The predicted octanol–water partition coefficient (Wildman–Crippen LogP) is 1.16. The summed E-state index contributed by atoms with van der Waals surface area (Å²) in [6.45, 7) is 3.12. The Balaban J connectivity index is 2.25. The Bertz CT molecular complexity index is 692. The fourth-order valence-corrected chi connectivity index (χ4v) is 1.94. The average Bonchev–Trinajstić information content (AvgIpc) is 2.89. The molecule has 0 aliphatic rings. The number of hydrogen-bond acceptors (Lipinski definition) is 5. The molecule has 22 heavy (non-hydrogen) atoms. The molecule has 0 radical (unpaired) electrons. The summed E-state index contributed by atoms with van der Waals surface area (Å²) in [6.07, 6.45) is 0. The molecular formula is C15H18N4O3. The zero-order valence-electron chi connectivity index (χ0n) is 13.0. The monoisotopic (exact) mass is 302 g/mol. The van der Waals surface area contributed by atoms with Crippen LogP contribution in [-0.4, -0.2) is 39.3 Å². The number of carbonyl (C=O) groups is 2. The molecule has 1 N–H and O–H groups in total. The summed E-state index contributed by atoms with van der Waals surface area (Å²) < 4.78 is 6.04. The molecule has 1 aromatic carbocycles. The van der Waals surface area contributed by atoms with Crippen LogP contribution in [0.3, 0.4) is 0 Å². The molecule has 0 spiro atoms. The van der Waals surface area contributed by atoms with Crippen molar-refractivity contribution in [2.45, 2.75) is 19.4 Å². The van der Waals surface area contributed by atoms with Crippen molar-refractivity contribution in [1.82, 2.24) is 20.1 Å². The van der Waals surface area contributed by atoms with E-state index in [4.69, 9.17) is 0 Å². The van der Waals surface area contributed by atoms with Gasteiger partial charge in [0.2, 0.25) is 5.82 Å². The summed E-state index contributed by atoms with van der Waals surface area (Å²) >= 11 is 0. The fourth-order valence-electron chi connectivity index (χ4n) is 1.94. The van der Waals surface area contributed by atoms with Gasteiger partial charge in [0, 0.05) is 12.6 Å². The van der Waals surface area contributed by atoms with Crippen molar-refractivity contribution in [3.05, 3.63) is 36.2 Å². The lowest BCUT2D eigenvalue weighted by Gasteiger charge is -2.22. The van der Waals surface area contributed by atoms with Gasteiger partial charge in [-0.3, -0.25) is 4.79 Å². The lowest BCUT2D eigenvalue weighted by atomic mass is 10.1. The van der Waals surface area contributed by atoms with E-state index in [1.165, 1.54) is 11.8 Å². The molecule has 2 rings (SSSR count). The molecule has 0 bridgehead atoms. The second-order valence-corrected chi connectivity index (χ2v) is 5.32. The van der Waals surface area contributed by atoms with E-state index in [2.05, 4.69) is 20.1 Å². The number of carbonyl (C=O) groups excluding carboxylic acids is 2. The predicted molar refractivity (Wildman–Crippen MR) is 80.0 cm³/mol. The van der Waals surface area contributed by atoms with Crippen LogP contribution < -0.4 is 5.32 Å². The van der Waals surface area contributed by atoms with Crippen LogP contribution in [-0.2, 0) is 16.6 Å². The zero-order valence-corrected chi connectivity index (χ0v) is 13.0. The largest absolute Gasteiger partial charge is 0.467 e. The fraction of sp³-hybridized carbons (Fsp3) is 0.333. The molecule has 1 heterocycles. The van der Waals surface area contributed by atoms with E-state index in [0.717, 1.165) is 5.56 Å². The third-order valence-corrected chi connectivity index (χ3v) is 3.12. The van der Waals surface area contributed by atoms with Crippen molar-refractivity contribution in [2.24, 2.45) is 7.05 Å². The Labute approximate surface area is 128 Å². The van der Waals surface area contributed by atoms with Crippen molar-refractivity contribution in [3.63, 3.8) is 0 Å². The number of amides is 1. The van der Waals surface area contributed by atoms with E-state index in [1.54, 1.807) is 20.9 Å². The molecule has 0 aliphatic heterocycles. The van der Waals surface area contributed by atoms with Crippen molar-refractivity contribution in [3.8, 4) is 11.4 Å². The summed E-state index contributed by atoms with van der Waals surface area (Å²) in [7, 11) is 2.89. The third-order valence-electron chi connectivity index (χ3n) is 3.12. The van der Waals surface area contributed by atoms with Crippen LogP contribution in [0.1, 0.15) is 24.5 Å². The van der Waals surface area contributed by atoms with Crippen molar-refractivity contribution in [1.29, 1.82) is 0 Å². The molecule has 7 nitrogen and oxygen atoms in total. The van der Waals surface area contributed by atoms with Crippen molar-refractivity contribution in [2.75, 3.05) is 7.11 Å². The molecule has 0 unspecified atom stereocenters. The Hall–Kier alpha value is -2.70. The number of nitrogens with one attached hydrogen (secondary N) is 1. The highest BCUT2D eigenvalue weighted by Crippen LogP contribution is 2.15. The van der Waals surface area contributed by atoms with Crippen molar-refractivity contribution >= 4 is 11.9 Å². The number of methoxy groups -OCH3 is 1. The second kappa shape index (κ2) is 5.97. The first-order valence-electron chi connectivity index (χ1n) is 6.72. The van der Waals surface area contributed by atoms with E-state index >= 15 is 0 Å². The van der Waals surface area contributed by atoms with Gasteiger partial charge in [0.1, 0.15) is 5.54 Å². The van der Waals surface area contributed by atoms with Crippen LogP contribution in [0.2, 0.25) is 0 Å². The minimum absolute atomic E-state index is 0.121. The maximum Gasteiger partial charge on any atom is 0.330 e. The number of ether oxygens (including phenoxy) is 1. The number of rotatable bonds is 4. The smallest absolute Gasteiger partial charge is 0.330 e. The number of nitrogens with zero attached hydrogens (tertiary/aromatic N) is 3. The van der Waals surface area contributed by atoms with Gasteiger partial charge in [0.25, 0.3) is 5.91 Å². The Morgan fingerprint density at radius 3 is 2.45 bits per heavy atom. The topological polar surface area (TPSA) is 86.1 Å². The van der Waals surface area contributed by atoms with E-state index in [0.29, 0.717) is 5.82 Å². The standard InChI is InChI=1S/C15H18N4O3/c1-15(2,14(21)22-4)17-13(20)12-16-11(18-19(12)3)10-8-6-5-7-9-10/h5-9H,1-4H3,(H,17,20). The Morgan fingerprint density at radius 1 is 1.23 bits per heavy atom. The van der Waals surface area contributed by atoms with Gasteiger partial charge in [-0.05, 0) is 13.8 Å². The number of benzene rings is 1. The molecule has 1 amide bonds. The maximum atomic E-state index is 12.3. The van der Waals surface area contributed by atoms with E-state index in [9.17, 15) is 9.59 Å². The highest BCUT2D eigenvalue weighted by Gasteiger charge is 2.32. The molecule has 0 saturated heterocycles. The first kappa shape index (κ1) is 15.7. The number of esters is 1. The minimum atomic E-state index is -1.15. The molecule has 116 valence electrons. The molecule has 7 heteroatoms. The molecule has 0 atom stereocenters. The summed E-state index contributed by atoms with van der Waals surface area (Å²) in [6, 6.07) is 9.33. The van der Waals surface area contributed by atoms with Crippen LogP contribution in [0.25, 0.3) is 11.4 Å². The number of hydrogen-bond donors (Lipinski definition) is 1. The molecule has 1 aromatic heterocycles. The summed E-state index contributed by atoms with van der Waals surface area (Å²) in [5.41, 5.74) is -0.339. The first-order valence-corrected chi connectivity index (χ1v) is 6.72. The summed E-state index contributed by atoms with van der Waals surface area (Å²) in [5.74, 6) is -0.459. The van der Waals surface area contributed by atoms with Gasteiger partial charge in [-0.15, -0.1) is 0 Å². The van der Waals surface area contributed by atoms with Gasteiger partial charge >= 0.3 is 5.97 Å². The van der Waals surface area contributed by atoms with Gasteiger partial charge in [0.05, 0.1) is 7.11 Å². The van der Waals surface area contributed by atoms with E-state index in [-0.39, 0.29) is 5.82 Å². The van der Waals surface area contributed by atoms with Crippen LogP contribution in [0.4, 0.5) is 0 Å². The average molecular weight is 302 g/mol. The zero-order chi connectivity index (χ0) is 16.3. The van der Waals surface area contributed by atoms with Crippen molar-refractivity contribution < 1.29 is 14.3 Å². The van der Waals surface area contributed by atoms with Gasteiger partial charge in [-0.25, -0.2) is 14.5 Å². The Kier molecular flexibility index (Phi) is 4.25. The van der Waals surface area contributed by atoms with Gasteiger partial charge in [-0.2, -0.15) is 5.10 Å². The van der Waals surface area contributed by atoms with Crippen LogP contribution in [0.5, 0.6) is 0 Å². The third kappa shape index (κ3) is 3.13. The normalized spacial score (nSPS) is 11.1. The SMILES string of the molecule is COC(=O)C(C)(C)NC(=O)c1nc(-c2ccccc2)nn1C. The van der Waals surface area contributed by atoms with Gasteiger partial charge in [-0.1, -0.05) is 30.3 Å². The van der Waals surface area contributed by atoms with Gasteiger partial charge in [0.15, 0.2) is 5.82 Å². The molecule has 0 saturated carbocycles. The number of aryl methyl sites for hydroxylation is 1. The second-order valence-electron chi connectivity index (χ2n) is 5.32. The molecule has 0 aliphatic carbocycles. The van der Waals surface area contributed by atoms with Crippen LogP contribution in [0.15, 0.2) is 30.3 Å². The molecule has 2 aromatic rings. The van der Waals surface area contributed by atoms with Crippen LogP contribution >= 0.6 is 0 Å². The summed E-state index contributed by atoms with van der Waals surface area (Å²) in [5, 5.41) is 6.82. The van der Waals surface area contributed by atoms with Crippen LogP contribution in [0, 0.1) is 0 Å². The van der Waals surface area contributed by atoms with E-state index in [1.807, 2.05) is 30.3 Å². The molecular weight excluding hydrogens is 284 g/mol.